The minimum atomic E-state index is 0.744. The molecule has 19 heavy (non-hydrogen) atoms. The van der Waals surface area contributed by atoms with Gasteiger partial charge < -0.3 is 5.32 Å². The largest absolute Gasteiger partial charge is 0.310 e. The predicted molar refractivity (Wildman–Crippen MR) is 77.0 cm³/mol. The Morgan fingerprint density at radius 1 is 1.21 bits per heavy atom. The van der Waals surface area contributed by atoms with Crippen LogP contribution in [0.25, 0.3) is 0 Å². The Bertz CT molecular complexity index is 510. The average Bonchev–Trinajstić information content (AvgIpc) is 2.82. The minimum absolute atomic E-state index is 0.744. The predicted octanol–water partition coefficient (Wildman–Crippen LogP) is 2.44. The van der Waals surface area contributed by atoms with Crippen LogP contribution in [0.4, 0.5) is 0 Å². The van der Waals surface area contributed by atoms with Crippen molar-refractivity contribution in [2.45, 2.75) is 40.3 Å². The number of hydrogen-bond donors (Lipinski definition) is 1. The maximum atomic E-state index is 4.50. The lowest BCUT2D eigenvalue weighted by atomic mass is 10.0. The highest BCUT2D eigenvalue weighted by Crippen LogP contribution is 2.14. The second-order valence-corrected chi connectivity index (χ2v) is 4.91. The maximum Gasteiger partial charge on any atom is 0.164 e. The van der Waals surface area contributed by atoms with Gasteiger partial charge in [0.1, 0.15) is 6.33 Å². The van der Waals surface area contributed by atoms with E-state index in [1.54, 1.807) is 0 Å². The first kappa shape index (κ1) is 13.7. The van der Waals surface area contributed by atoms with Crippen LogP contribution in [0.3, 0.4) is 0 Å². The third-order valence-electron chi connectivity index (χ3n) is 3.26. The SMILES string of the molecule is CCCNCc1ncn(Cc2c(C)cccc2C)n1. The molecule has 0 bridgehead atoms. The minimum Gasteiger partial charge on any atom is -0.310 e. The van der Waals surface area contributed by atoms with Crippen molar-refractivity contribution >= 4 is 0 Å². The Hall–Kier alpha value is -1.68. The summed E-state index contributed by atoms with van der Waals surface area (Å²) in [5.74, 6) is 0.861. The van der Waals surface area contributed by atoms with Gasteiger partial charge in [-0.1, -0.05) is 25.1 Å². The monoisotopic (exact) mass is 258 g/mol. The van der Waals surface area contributed by atoms with Crippen molar-refractivity contribution in [2.75, 3.05) is 6.54 Å². The zero-order chi connectivity index (χ0) is 13.7. The van der Waals surface area contributed by atoms with E-state index in [4.69, 9.17) is 0 Å². The molecule has 0 saturated heterocycles. The molecule has 4 nitrogen and oxygen atoms in total. The summed E-state index contributed by atoms with van der Waals surface area (Å²) >= 11 is 0. The second-order valence-electron chi connectivity index (χ2n) is 4.91. The van der Waals surface area contributed by atoms with E-state index in [1.165, 1.54) is 16.7 Å². The molecule has 0 atom stereocenters. The summed E-state index contributed by atoms with van der Waals surface area (Å²) in [6.07, 6.45) is 2.94. The van der Waals surface area contributed by atoms with Crippen molar-refractivity contribution in [2.24, 2.45) is 0 Å². The average molecular weight is 258 g/mol. The van der Waals surface area contributed by atoms with Crippen LogP contribution in [-0.4, -0.2) is 21.3 Å². The fourth-order valence-electron chi connectivity index (χ4n) is 2.13. The summed E-state index contributed by atoms with van der Waals surface area (Å²) < 4.78 is 1.91. The molecule has 0 aliphatic rings. The third kappa shape index (κ3) is 3.64. The summed E-state index contributed by atoms with van der Waals surface area (Å²) in [7, 11) is 0. The molecule has 2 aromatic rings. The topological polar surface area (TPSA) is 42.7 Å². The van der Waals surface area contributed by atoms with Crippen LogP contribution in [0, 0.1) is 13.8 Å². The summed E-state index contributed by atoms with van der Waals surface area (Å²) in [5, 5.41) is 7.82. The van der Waals surface area contributed by atoms with Gasteiger partial charge in [0.25, 0.3) is 0 Å². The molecular formula is C15H22N4. The smallest absolute Gasteiger partial charge is 0.164 e. The van der Waals surface area contributed by atoms with Crippen molar-refractivity contribution < 1.29 is 0 Å². The Morgan fingerprint density at radius 2 is 1.95 bits per heavy atom. The van der Waals surface area contributed by atoms with Gasteiger partial charge >= 0.3 is 0 Å². The molecule has 0 saturated carbocycles. The third-order valence-corrected chi connectivity index (χ3v) is 3.26. The summed E-state index contributed by atoms with van der Waals surface area (Å²) in [4.78, 5) is 4.33. The van der Waals surface area contributed by atoms with Crippen molar-refractivity contribution in [3.8, 4) is 0 Å². The summed E-state index contributed by atoms with van der Waals surface area (Å²) in [5.41, 5.74) is 3.95. The first-order valence-corrected chi connectivity index (χ1v) is 6.85. The molecule has 1 N–H and O–H groups in total. The molecule has 102 valence electrons. The van der Waals surface area contributed by atoms with E-state index in [1.807, 2.05) is 11.0 Å². The quantitative estimate of drug-likeness (QED) is 0.809. The normalized spacial score (nSPS) is 10.9. The highest BCUT2D eigenvalue weighted by molar-refractivity contribution is 5.33. The molecule has 0 amide bonds. The van der Waals surface area contributed by atoms with Crippen LogP contribution in [0.1, 0.15) is 35.9 Å². The lowest BCUT2D eigenvalue weighted by Crippen LogP contribution is -2.15. The van der Waals surface area contributed by atoms with Crippen LogP contribution in [0.2, 0.25) is 0 Å². The molecule has 0 spiro atoms. The lowest BCUT2D eigenvalue weighted by molar-refractivity contribution is 0.623. The fourth-order valence-corrected chi connectivity index (χ4v) is 2.13. The number of nitrogens with zero attached hydrogens (tertiary/aromatic N) is 3. The number of nitrogens with one attached hydrogen (secondary N) is 1. The lowest BCUT2D eigenvalue weighted by Gasteiger charge is -2.09. The van der Waals surface area contributed by atoms with E-state index in [0.29, 0.717) is 0 Å². The molecule has 1 aromatic heterocycles. The zero-order valence-electron chi connectivity index (χ0n) is 12.0. The molecule has 0 unspecified atom stereocenters. The molecule has 0 aliphatic carbocycles. The number of aryl methyl sites for hydroxylation is 2. The van der Waals surface area contributed by atoms with Crippen LogP contribution >= 0.6 is 0 Å². The first-order chi connectivity index (χ1) is 9.20. The van der Waals surface area contributed by atoms with Gasteiger partial charge in [0.2, 0.25) is 0 Å². The van der Waals surface area contributed by atoms with Crippen molar-refractivity contribution in [3.63, 3.8) is 0 Å². The molecule has 4 heteroatoms. The van der Waals surface area contributed by atoms with Gasteiger partial charge in [-0.3, -0.25) is 0 Å². The van der Waals surface area contributed by atoms with Crippen LogP contribution in [0.15, 0.2) is 24.5 Å². The van der Waals surface area contributed by atoms with Crippen LogP contribution < -0.4 is 5.32 Å². The second kappa shape index (κ2) is 6.48. The van der Waals surface area contributed by atoms with Gasteiger partial charge in [0, 0.05) is 0 Å². The van der Waals surface area contributed by atoms with Crippen molar-refractivity contribution in [1.29, 1.82) is 0 Å². The summed E-state index contributed by atoms with van der Waals surface area (Å²) in [6.45, 7) is 8.98. The zero-order valence-corrected chi connectivity index (χ0v) is 12.0. The van der Waals surface area contributed by atoms with Gasteiger partial charge in [0.15, 0.2) is 5.82 Å². The van der Waals surface area contributed by atoms with Crippen molar-refractivity contribution in [3.05, 3.63) is 47.0 Å². The molecular weight excluding hydrogens is 236 g/mol. The number of rotatable bonds is 6. The van der Waals surface area contributed by atoms with E-state index >= 15 is 0 Å². The Morgan fingerprint density at radius 3 is 2.63 bits per heavy atom. The fraction of sp³-hybridized carbons (Fsp3) is 0.467. The van der Waals surface area contributed by atoms with Gasteiger partial charge in [0.05, 0.1) is 13.1 Å². The first-order valence-electron chi connectivity index (χ1n) is 6.85. The van der Waals surface area contributed by atoms with Crippen LogP contribution in [0.5, 0.6) is 0 Å². The number of benzene rings is 1. The molecule has 0 aliphatic heterocycles. The Kier molecular flexibility index (Phi) is 4.68. The number of aromatic nitrogens is 3. The van der Waals surface area contributed by atoms with Gasteiger partial charge in [-0.05, 0) is 43.5 Å². The number of hydrogen-bond acceptors (Lipinski definition) is 3. The van der Waals surface area contributed by atoms with Crippen LogP contribution in [-0.2, 0) is 13.1 Å². The van der Waals surface area contributed by atoms with Crippen molar-refractivity contribution in [1.82, 2.24) is 20.1 Å². The molecule has 2 rings (SSSR count). The van der Waals surface area contributed by atoms with E-state index in [-0.39, 0.29) is 0 Å². The van der Waals surface area contributed by atoms with Gasteiger partial charge in [-0.25, -0.2) is 9.67 Å². The van der Waals surface area contributed by atoms with Gasteiger partial charge in [-0.2, -0.15) is 5.10 Å². The highest BCUT2D eigenvalue weighted by atomic mass is 15.3. The highest BCUT2D eigenvalue weighted by Gasteiger charge is 2.05. The standard InChI is InChI=1S/C15H22N4/c1-4-8-16-9-15-17-11-19(18-15)10-14-12(2)6-5-7-13(14)3/h5-7,11,16H,4,8-10H2,1-3H3. The Labute approximate surface area is 114 Å². The Balaban J connectivity index is 2.03. The van der Waals surface area contributed by atoms with E-state index < -0.39 is 0 Å². The molecule has 0 radical (unpaired) electrons. The maximum absolute atomic E-state index is 4.50. The summed E-state index contributed by atoms with van der Waals surface area (Å²) in [6, 6.07) is 6.38. The molecule has 0 fully saturated rings. The molecule has 1 heterocycles. The van der Waals surface area contributed by atoms with E-state index in [9.17, 15) is 0 Å². The molecule has 1 aromatic carbocycles. The van der Waals surface area contributed by atoms with Gasteiger partial charge in [-0.15, -0.1) is 0 Å². The van der Waals surface area contributed by atoms with E-state index in [0.717, 1.165) is 31.9 Å². The van der Waals surface area contributed by atoms with E-state index in [2.05, 4.69) is 54.4 Å².